The Morgan fingerprint density at radius 3 is 2.76 bits per heavy atom. The first-order chi connectivity index (χ1) is 10.1. The van der Waals surface area contributed by atoms with E-state index in [0.717, 1.165) is 36.4 Å². The van der Waals surface area contributed by atoms with Gasteiger partial charge in [0, 0.05) is 6.54 Å². The molecule has 1 aliphatic rings. The number of rotatable bonds is 2. The molecule has 0 radical (unpaired) electrons. The Bertz CT molecular complexity index is 638. The maximum absolute atomic E-state index is 13.1. The van der Waals surface area contributed by atoms with Crippen molar-refractivity contribution >= 4 is 17.2 Å². The zero-order valence-electron chi connectivity index (χ0n) is 11.9. The number of carbonyl (C=O) groups is 1. The third-order valence-corrected chi connectivity index (χ3v) is 4.75. The van der Waals surface area contributed by atoms with Gasteiger partial charge in [-0.1, -0.05) is 12.1 Å². The number of hydrogen-bond acceptors (Lipinski definition) is 3. The summed E-state index contributed by atoms with van der Waals surface area (Å²) in [4.78, 5) is 19.4. The predicted molar refractivity (Wildman–Crippen MR) is 80.9 cm³/mol. The zero-order chi connectivity index (χ0) is 14.8. The van der Waals surface area contributed by atoms with E-state index in [2.05, 4.69) is 4.98 Å². The fraction of sp³-hybridized carbons (Fsp3) is 0.375. The molecule has 1 aromatic carbocycles. The van der Waals surface area contributed by atoms with Crippen molar-refractivity contribution in [2.75, 3.05) is 6.54 Å². The number of carbonyl (C=O) groups excluding carboxylic acids is 1. The number of piperidine rings is 1. The number of thiazole rings is 1. The lowest BCUT2D eigenvalue weighted by Gasteiger charge is -2.35. The summed E-state index contributed by atoms with van der Waals surface area (Å²) < 4.78 is 13.1. The van der Waals surface area contributed by atoms with E-state index in [1.165, 1.54) is 23.5 Å². The Hall–Kier alpha value is -1.75. The maximum Gasteiger partial charge on any atom is 0.266 e. The smallest absolute Gasteiger partial charge is 0.266 e. The highest BCUT2D eigenvalue weighted by Crippen LogP contribution is 2.32. The van der Waals surface area contributed by atoms with Gasteiger partial charge in [-0.2, -0.15) is 0 Å². The molecule has 2 heterocycles. The third kappa shape index (κ3) is 2.97. The number of likely N-dealkylation sites (tertiary alicyclic amines) is 1. The van der Waals surface area contributed by atoms with E-state index in [1.807, 2.05) is 11.8 Å². The number of nitrogens with zero attached hydrogens (tertiary/aromatic N) is 2. The Morgan fingerprint density at radius 1 is 1.33 bits per heavy atom. The lowest BCUT2D eigenvalue weighted by molar-refractivity contribution is 0.0616. The van der Waals surface area contributed by atoms with E-state index >= 15 is 0 Å². The van der Waals surface area contributed by atoms with Gasteiger partial charge in [-0.25, -0.2) is 9.37 Å². The van der Waals surface area contributed by atoms with Crippen molar-refractivity contribution in [3.63, 3.8) is 0 Å². The van der Waals surface area contributed by atoms with Crippen LogP contribution in [0.3, 0.4) is 0 Å². The summed E-state index contributed by atoms with van der Waals surface area (Å²) in [6, 6.07) is 6.52. The quantitative estimate of drug-likeness (QED) is 0.841. The normalized spacial score (nSPS) is 18.8. The first-order valence-electron chi connectivity index (χ1n) is 7.14. The molecule has 3 nitrogen and oxygen atoms in total. The van der Waals surface area contributed by atoms with Gasteiger partial charge in [0.15, 0.2) is 0 Å². The summed E-state index contributed by atoms with van der Waals surface area (Å²) in [5.74, 6) is -0.208. The predicted octanol–water partition coefficient (Wildman–Crippen LogP) is 3.96. The van der Waals surface area contributed by atoms with E-state index in [1.54, 1.807) is 18.3 Å². The van der Waals surface area contributed by atoms with E-state index in [0.29, 0.717) is 4.88 Å². The van der Waals surface area contributed by atoms with Crippen molar-refractivity contribution in [3.8, 4) is 0 Å². The number of hydrogen-bond donors (Lipinski definition) is 0. The zero-order valence-corrected chi connectivity index (χ0v) is 12.7. The summed E-state index contributed by atoms with van der Waals surface area (Å²) in [7, 11) is 0. The number of aryl methyl sites for hydroxylation is 1. The molecule has 0 unspecified atom stereocenters. The van der Waals surface area contributed by atoms with Gasteiger partial charge in [0.2, 0.25) is 0 Å². The molecule has 1 saturated heterocycles. The number of amides is 1. The third-order valence-electron chi connectivity index (χ3n) is 3.85. The minimum Gasteiger partial charge on any atom is -0.331 e. The fourth-order valence-electron chi connectivity index (χ4n) is 2.81. The molecule has 0 saturated carbocycles. The van der Waals surface area contributed by atoms with Crippen LogP contribution >= 0.6 is 11.3 Å². The van der Waals surface area contributed by atoms with Crippen LogP contribution in [0.1, 0.15) is 45.5 Å². The van der Waals surface area contributed by atoms with Gasteiger partial charge in [-0.05, 0) is 43.9 Å². The Morgan fingerprint density at radius 2 is 2.10 bits per heavy atom. The summed E-state index contributed by atoms with van der Waals surface area (Å²) in [6.07, 6.45) is 4.68. The Labute approximate surface area is 127 Å². The molecule has 21 heavy (non-hydrogen) atoms. The van der Waals surface area contributed by atoms with Crippen LogP contribution in [-0.2, 0) is 0 Å². The minimum atomic E-state index is -0.245. The van der Waals surface area contributed by atoms with Crippen LogP contribution in [-0.4, -0.2) is 22.3 Å². The van der Waals surface area contributed by atoms with Crippen molar-refractivity contribution in [2.45, 2.75) is 32.2 Å². The second-order valence-electron chi connectivity index (χ2n) is 5.31. The molecule has 1 atom stereocenters. The maximum atomic E-state index is 13.1. The largest absolute Gasteiger partial charge is 0.331 e. The van der Waals surface area contributed by atoms with Crippen LogP contribution in [0.2, 0.25) is 0 Å². The van der Waals surface area contributed by atoms with Crippen LogP contribution < -0.4 is 0 Å². The number of halogens is 1. The lowest BCUT2D eigenvalue weighted by atomic mass is 9.95. The van der Waals surface area contributed by atoms with Gasteiger partial charge in [0.1, 0.15) is 10.7 Å². The van der Waals surface area contributed by atoms with Gasteiger partial charge in [0.05, 0.1) is 17.2 Å². The molecule has 5 heteroatoms. The van der Waals surface area contributed by atoms with Gasteiger partial charge < -0.3 is 4.90 Å². The minimum absolute atomic E-state index is 0.0363. The molecule has 0 N–H and O–H groups in total. The molecule has 2 aromatic rings. The first kappa shape index (κ1) is 14.2. The van der Waals surface area contributed by atoms with Gasteiger partial charge in [-0.3, -0.25) is 4.79 Å². The van der Waals surface area contributed by atoms with Crippen LogP contribution in [0, 0.1) is 12.7 Å². The summed E-state index contributed by atoms with van der Waals surface area (Å²) >= 11 is 1.43. The molecule has 3 rings (SSSR count). The molecular formula is C16H17FN2OS. The molecule has 1 aliphatic heterocycles. The number of benzene rings is 1. The average molecular weight is 304 g/mol. The van der Waals surface area contributed by atoms with E-state index in [9.17, 15) is 9.18 Å². The van der Waals surface area contributed by atoms with Gasteiger partial charge in [-0.15, -0.1) is 11.3 Å². The monoisotopic (exact) mass is 304 g/mol. The van der Waals surface area contributed by atoms with Crippen LogP contribution in [0.4, 0.5) is 4.39 Å². The van der Waals surface area contributed by atoms with E-state index < -0.39 is 0 Å². The van der Waals surface area contributed by atoms with Gasteiger partial charge in [0.25, 0.3) is 5.91 Å². The molecule has 1 fully saturated rings. The molecule has 0 aliphatic carbocycles. The SMILES string of the molecule is Cc1ncc(C(=O)N2CCCC[C@H]2c2ccc(F)cc2)s1. The average Bonchev–Trinajstić information content (AvgIpc) is 2.94. The highest BCUT2D eigenvalue weighted by molar-refractivity contribution is 7.13. The Balaban J connectivity index is 1.87. The standard InChI is InChI=1S/C16H17FN2OS/c1-11-18-10-15(21-11)16(20)19-9-3-2-4-14(19)12-5-7-13(17)8-6-12/h5-8,10,14H,2-4,9H2,1H3/t14-/m0/s1. The highest BCUT2D eigenvalue weighted by Gasteiger charge is 2.29. The highest BCUT2D eigenvalue weighted by atomic mass is 32.1. The van der Waals surface area contributed by atoms with Crippen molar-refractivity contribution < 1.29 is 9.18 Å². The molecule has 110 valence electrons. The second-order valence-corrected chi connectivity index (χ2v) is 6.54. The molecule has 1 aromatic heterocycles. The molecule has 1 amide bonds. The Kier molecular flexibility index (Phi) is 4.01. The van der Waals surface area contributed by atoms with Crippen LogP contribution in [0.5, 0.6) is 0 Å². The van der Waals surface area contributed by atoms with Crippen molar-refractivity contribution in [2.24, 2.45) is 0 Å². The first-order valence-corrected chi connectivity index (χ1v) is 7.95. The van der Waals surface area contributed by atoms with Crippen molar-refractivity contribution in [1.82, 2.24) is 9.88 Å². The van der Waals surface area contributed by atoms with Crippen LogP contribution in [0.15, 0.2) is 30.5 Å². The summed E-state index contributed by atoms with van der Waals surface area (Å²) in [5.41, 5.74) is 1.01. The second kappa shape index (κ2) is 5.93. The topological polar surface area (TPSA) is 33.2 Å². The lowest BCUT2D eigenvalue weighted by Crippen LogP contribution is -2.38. The van der Waals surface area contributed by atoms with Crippen molar-refractivity contribution in [1.29, 1.82) is 0 Å². The molecule has 0 bridgehead atoms. The van der Waals surface area contributed by atoms with Gasteiger partial charge >= 0.3 is 0 Å². The molecule has 0 spiro atoms. The van der Waals surface area contributed by atoms with Crippen LogP contribution in [0.25, 0.3) is 0 Å². The van der Waals surface area contributed by atoms with E-state index in [-0.39, 0.29) is 17.8 Å². The summed E-state index contributed by atoms with van der Waals surface area (Å²) in [6.45, 7) is 2.65. The molecular weight excluding hydrogens is 287 g/mol. The fourth-order valence-corrected chi connectivity index (χ4v) is 3.54. The van der Waals surface area contributed by atoms with Crippen molar-refractivity contribution in [3.05, 3.63) is 51.7 Å². The number of aromatic nitrogens is 1. The van der Waals surface area contributed by atoms with E-state index in [4.69, 9.17) is 0 Å². The summed E-state index contributed by atoms with van der Waals surface area (Å²) in [5, 5.41) is 0.897.